The van der Waals surface area contributed by atoms with Crippen LogP contribution < -0.4 is 10.2 Å². The van der Waals surface area contributed by atoms with Crippen molar-refractivity contribution in [2.45, 2.75) is 26.7 Å². The topological polar surface area (TPSA) is 99.7 Å². The minimum atomic E-state index is -0.0175. The van der Waals surface area contributed by atoms with Crippen LogP contribution in [0.2, 0.25) is 0 Å². The Morgan fingerprint density at radius 3 is 2.57 bits per heavy atom. The van der Waals surface area contributed by atoms with E-state index in [1.165, 1.54) is 6.33 Å². The summed E-state index contributed by atoms with van der Waals surface area (Å²) in [7, 11) is 0. The predicted molar refractivity (Wildman–Crippen MR) is 107 cm³/mol. The Hall–Kier alpha value is -3.29. The van der Waals surface area contributed by atoms with Crippen molar-refractivity contribution in [1.29, 1.82) is 0 Å². The molecule has 1 aliphatic heterocycles. The molecular formula is C20H23N7O. The fourth-order valence-electron chi connectivity index (χ4n) is 3.52. The van der Waals surface area contributed by atoms with Crippen molar-refractivity contribution in [2.75, 3.05) is 23.3 Å². The molecule has 8 heteroatoms. The average molecular weight is 377 g/mol. The van der Waals surface area contributed by atoms with Crippen LogP contribution in [0.5, 0.6) is 0 Å². The zero-order chi connectivity index (χ0) is 19.5. The van der Waals surface area contributed by atoms with E-state index in [2.05, 4.69) is 35.4 Å². The van der Waals surface area contributed by atoms with E-state index in [9.17, 15) is 4.79 Å². The van der Waals surface area contributed by atoms with Crippen LogP contribution in [0.3, 0.4) is 0 Å². The zero-order valence-electron chi connectivity index (χ0n) is 16.0. The molecule has 0 spiro atoms. The highest BCUT2D eigenvalue weighted by Crippen LogP contribution is 2.24. The van der Waals surface area contributed by atoms with Crippen LogP contribution in [0.4, 0.5) is 11.6 Å². The number of carbonyl (C=O) groups excluding carboxylic acids is 1. The minimum Gasteiger partial charge on any atom is -0.341 e. The van der Waals surface area contributed by atoms with Gasteiger partial charge < -0.3 is 10.2 Å². The van der Waals surface area contributed by atoms with Gasteiger partial charge in [0.25, 0.3) is 0 Å². The molecule has 2 aromatic heterocycles. The summed E-state index contributed by atoms with van der Waals surface area (Å²) in [5.74, 6) is 1.47. The quantitative estimate of drug-likeness (QED) is 0.725. The molecule has 144 valence electrons. The van der Waals surface area contributed by atoms with Crippen LogP contribution in [0.25, 0.3) is 11.4 Å². The van der Waals surface area contributed by atoms with Gasteiger partial charge in [-0.15, -0.1) is 0 Å². The number of amides is 1. The minimum absolute atomic E-state index is 0.0175. The molecule has 8 nitrogen and oxygen atoms in total. The number of aromatic amines is 1. The number of hydrogen-bond donors (Lipinski definition) is 2. The normalized spacial score (nSPS) is 14.9. The number of benzene rings is 1. The number of rotatable bonds is 4. The fourth-order valence-corrected chi connectivity index (χ4v) is 3.52. The van der Waals surface area contributed by atoms with E-state index in [1.54, 1.807) is 0 Å². The Labute approximate surface area is 163 Å². The van der Waals surface area contributed by atoms with E-state index in [-0.39, 0.29) is 11.8 Å². The zero-order valence-corrected chi connectivity index (χ0v) is 16.0. The molecule has 3 aromatic rings. The van der Waals surface area contributed by atoms with Crippen LogP contribution in [0.1, 0.15) is 24.2 Å². The van der Waals surface area contributed by atoms with Crippen molar-refractivity contribution in [3.63, 3.8) is 0 Å². The van der Waals surface area contributed by atoms with Crippen molar-refractivity contribution in [3.8, 4) is 11.4 Å². The molecule has 1 aromatic carbocycles. The van der Waals surface area contributed by atoms with Gasteiger partial charge in [0, 0.05) is 41.6 Å². The predicted octanol–water partition coefficient (Wildman–Crippen LogP) is 2.73. The third-order valence-electron chi connectivity index (χ3n) is 4.94. The number of aryl methyl sites for hydroxylation is 2. The van der Waals surface area contributed by atoms with E-state index in [4.69, 9.17) is 0 Å². The van der Waals surface area contributed by atoms with Gasteiger partial charge in [0.1, 0.15) is 6.33 Å². The number of piperidine rings is 1. The molecule has 0 atom stereocenters. The van der Waals surface area contributed by atoms with E-state index < -0.39 is 0 Å². The van der Waals surface area contributed by atoms with Crippen molar-refractivity contribution < 1.29 is 4.79 Å². The second-order valence-corrected chi connectivity index (χ2v) is 7.12. The SMILES string of the molecule is Cc1cc(C)nc(N2CCC(C(=O)Nc3cccc(-c4ncn[nH]4)c3)CC2)n1. The van der Waals surface area contributed by atoms with Crippen molar-refractivity contribution in [3.05, 3.63) is 48.0 Å². The number of H-pyrrole nitrogens is 1. The smallest absolute Gasteiger partial charge is 0.227 e. The van der Waals surface area contributed by atoms with E-state index >= 15 is 0 Å². The Balaban J connectivity index is 1.37. The molecule has 0 unspecified atom stereocenters. The molecule has 0 saturated carbocycles. The van der Waals surface area contributed by atoms with Crippen LogP contribution in [0.15, 0.2) is 36.7 Å². The van der Waals surface area contributed by atoms with Gasteiger partial charge in [-0.1, -0.05) is 12.1 Å². The van der Waals surface area contributed by atoms with E-state index in [0.717, 1.165) is 54.5 Å². The molecule has 28 heavy (non-hydrogen) atoms. The van der Waals surface area contributed by atoms with Gasteiger partial charge in [0.2, 0.25) is 11.9 Å². The van der Waals surface area contributed by atoms with E-state index in [0.29, 0.717) is 5.82 Å². The van der Waals surface area contributed by atoms with Gasteiger partial charge >= 0.3 is 0 Å². The van der Waals surface area contributed by atoms with Gasteiger partial charge in [-0.25, -0.2) is 15.0 Å². The molecule has 1 fully saturated rings. The first-order valence-electron chi connectivity index (χ1n) is 9.42. The standard InChI is InChI=1S/C20H23N7O/c1-13-10-14(2)24-20(23-13)27-8-6-15(7-9-27)19(28)25-17-5-3-4-16(11-17)18-21-12-22-26-18/h3-5,10-12,15H,6-9H2,1-2H3,(H,25,28)(H,21,22,26). The number of carbonyl (C=O) groups is 1. The highest BCUT2D eigenvalue weighted by atomic mass is 16.1. The fraction of sp³-hybridized carbons (Fsp3) is 0.350. The second kappa shape index (κ2) is 7.75. The summed E-state index contributed by atoms with van der Waals surface area (Å²) in [5, 5.41) is 9.74. The second-order valence-electron chi connectivity index (χ2n) is 7.12. The molecule has 1 aliphatic rings. The number of hydrogen-bond acceptors (Lipinski definition) is 6. The summed E-state index contributed by atoms with van der Waals surface area (Å²) in [4.78, 5) is 28.1. The Morgan fingerprint density at radius 1 is 1.14 bits per heavy atom. The molecule has 1 saturated heterocycles. The van der Waals surface area contributed by atoms with Crippen LogP contribution in [-0.4, -0.2) is 44.1 Å². The maximum atomic E-state index is 12.7. The molecule has 0 aliphatic carbocycles. The lowest BCUT2D eigenvalue weighted by atomic mass is 9.96. The first kappa shape index (κ1) is 18.1. The summed E-state index contributed by atoms with van der Waals surface area (Å²) >= 11 is 0. The van der Waals surface area contributed by atoms with Crippen molar-refractivity contribution in [1.82, 2.24) is 25.1 Å². The summed E-state index contributed by atoms with van der Waals surface area (Å²) in [6.07, 6.45) is 3.03. The maximum Gasteiger partial charge on any atom is 0.227 e. The van der Waals surface area contributed by atoms with Crippen LogP contribution in [0, 0.1) is 19.8 Å². The number of nitrogens with one attached hydrogen (secondary N) is 2. The van der Waals surface area contributed by atoms with Gasteiger partial charge in [-0.3, -0.25) is 9.89 Å². The lowest BCUT2D eigenvalue weighted by molar-refractivity contribution is -0.120. The Kier molecular flexibility index (Phi) is 5.01. The summed E-state index contributed by atoms with van der Waals surface area (Å²) in [6, 6.07) is 9.58. The van der Waals surface area contributed by atoms with Crippen molar-refractivity contribution in [2.24, 2.45) is 5.92 Å². The highest BCUT2D eigenvalue weighted by molar-refractivity contribution is 5.93. The molecule has 4 rings (SSSR count). The third-order valence-corrected chi connectivity index (χ3v) is 4.94. The third kappa shape index (κ3) is 4.00. The highest BCUT2D eigenvalue weighted by Gasteiger charge is 2.26. The van der Waals surface area contributed by atoms with Crippen molar-refractivity contribution >= 4 is 17.5 Å². The number of anilines is 2. The first-order chi connectivity index (χ1) is 13.6. The van der Waals surface area contributed by atoms with Crippen LogP contribution >= 0.6 is 0 Å². The molecule has 1 amide bonds. The van der Waals surface area contributed by atoms with Gasteiger partial charge in [0.15, 0.2) is 5.82 Å². The summed E-state index contributed by atoms with van der Waals surface area (Å²) in [6.45, 7) is 5.51. The average Bonchev–Trinajstić information content (AvgIpc) is 3.22. The van der Waals surface area contributed by atoms with Gasteiger partial charge in [0.05, 0.1) is 0 Å². The summed E-state index contributed by atoms with van der Waals surface area (Å²) in [5.41, 5.74) is 3.58. The maximum absolute atomic E-state index is 12.7. The van der Waals surface area contributed by atoms with Crippen LogP contribution in [-0.2, 0) is 4.79 Å². The number of nitrogens with zero attached hydrogens (tertiary/aromatic N) is 5. The molecule has 2 N–H and O–H groups in total. The Morgan fingerprint density at radius 2 is 1.89 bits per heavy atom. The molecule has 0 radical (unpaired) electrons. The number of aromatic nitrogens is 5. The largest absolute Gasteiger partial charge is 0.341 e. The molecule has 0 bridgehead atoms. The Bertz CT molecular complexity index is 942. The lowest BCUT2D eigenvalue weighted by Gasteiger charge is -2.31. The molecular weight excluding hydrogens is 354 g/mol. The van der Waals surface area contributed by atoms with E-state index in [1.807, 2.05) is 44.2 Å². The first-order valence-corrected chi connectivity index (χ1v) is 9.42. The summed E-state index contributed by atoms with van der Waals surface area (Å²) < 4.78 is 0. The monoisotopic (exact) mass is 377 g/mol. The van der Waals surface area contributed by atoms with Gasteiger partial charge in [-0.05, 0) is 44.9 Å². The van der Waals surface area contributed by atoms with Gasteiger partial charge in [-0.2, -0.15) is 5.10 Å². The molecule has 3 heterocycles. The lowest BCUT2D eigenvalue weighted by Crippen LogP contribution is -2.39.